The minimum Gasteiger partial charge on any atom is -0.315 e. The van der Waals surface area contributed by atoms with Crippen LogP contribution in [0.2, 0.25) is 0 Å². The van der Waals surface area contributed by atoms with Crippen molar-refractivity contribution in [1.82, 2.24) is 15.5 Å². The Morgan fingerprint density at radius 1 is 1.50 bits per heavy atom. The number of rotatable bonds is 1. The molecule has 54 valence electrons. The van der Waals surface area contributed by atoms with E-state index in [1.807, 2.05) is 6.92 Å². The molecule has 1 aliphatic heterocycles. The van der Waals surface area contributed by atoms with Crippen LogP contribution < -0.4 is 5.32 Å². The van der Waals surface area contributed by atoms with Crippen LogP contribution in [0, 0.1) is 6.92 Å². The Hall–Kier alpha value is -0.480. The molecule has 1 saturated heterocycles. The molecule has 1 aromatic heterocycles. The van der Waals surface area contributed by atoms with Crippen LogP contribution in [0.3, 0.4) is 0 Å². The topological polar surface area (TPSA) is 37.8 Å². The molecule has 4 heteroatoms. The molecule has 0 amide bonds. The highest BCUT2D eigenvalue weighted by Crippen LogP contribution is 2.22. The maximum absolute atomic E-state index is 4.07. The Labute approximate surface area is 63.5 Å². The Morgan fingerprint density at radius 3 is 2.70 bits per heavy atom. The normalized spacial score (nSPS) is 18.9. The summed E-state index contributed by atoms with van der Waals surface area (Å²) in [7, 11) is 0. The highest BCUT2D eigenvalue weighted by Gasteiger charge is 2.21. The molecule has 1 aromatic rings. The van der Waals surface area contributed by atoms with Gasteiger partial charge in [0.15, 0.2) is 0 Å². The maximum atomic E-state index is 4.07. The first-order chi connectivity index (χ1) is 4.86. The summed E-state index contributed by atoms with van der Waals surface area (Å²) < 4.78 is 0. The molecule has 0 bridgehead atoms. The van der Waals surface area contributed by atoms with Gasteiger partial charge in [-0.1, -0.05) is 0 Å². The zero-order valence-electron chi connectivity index (χ0n) is 5.79. The van der Waals surface area contributed by atoms with Crippen LogP contribution in [0.5, 0.6) is 0 Å². The highest BCUT2D eigenvalue weighted by atomic mass is 32.1. The number of nitrogens with one attached hydrogen (secondary N) is 1. The summed E-state index contributed by atoms with van der Waals surface area (Å²) in [5.74, 6) is 0.645. The van der Waals surface area contributed by atoms with Crippen molar-refractivity contribution in [2.45, 2.75) is 12.8 Å². The van der Waals surface area contributed by atoms with Gasteiger partial charge in [-0.3, -0.25) is 0 Å². The lowest BCUT2D eigenvalue weighted by atomic mass is 10.1. The van der Waals surface area contributed by atoms with Gasteiger partial charge in [0.1, 0.15) is 10.0 Å². The lowest BCUT2D eigenvalue weighted by Gasteiger charge is -2.23. The molecular weight excluding hydrogens is 146 g/mol. The Kier molecular flexibility index (Phi) is 1.43. The minimum atomic E-state index is 0.645. The van der Waals surface area contributed by atoms with Crippen LogP contribution in [-0.4, -0.2) is 23.3 Å². The lowest BCUT2D eigenvalue weighted by molar-refractivity contribution is 0.444. The van der Waals surface area contributed by atoms with Crippen molar-refractivity contribution in [3.63, 3.8) is 0 Å². The zero-order chi connectivity index (χ0) is 6.97. The van der Waals surface area contributed by atoms with Crippen LogP contribution in [0.1, 0.15) is 15.9 Å². The predicted molar refractivity (Wildman–Crippen MR) is 40.3 cm³/mol. The predicted octanol–water partition coefficient (Wildman–Crippen LogP) is 0.533. The van der Waals surface area contributed by atoms with Gasteiger partial charge in [-0.05, 0) is 6.92 Å². The van der Waals surface area contributed by atoms with Crippen molar-refractivity contribution in [1.29, 1.82) is 0 Å². The molecule has 0 unspecified atom stereocenters. The van der Waals surface area contributed by atoms with Gasteiger partial charge < -0.3 is 5.32 Å². The molecular formula is C6H9N3S. The molecule has 3 nitrogen and oxygen atoms in total. The SMILES string of the molecule is Cc1nnc(C2CNC2)s1. The number of nitrogens with zero attached hydrogens (tertiary/aromatic N) is 2. The number of aromatic nitrogens is 2. The van der Waals surface area contributed by atoms with Crippen LogP contribution in [0.15, 0.2) is 0 Å². The molecule has 1 N–H and O–H groups in total. The van der Waals surface area contributed by atoms with E-state index in [-0.39, 0.29) is 0 Å². The first-order valence-electron chi connectivity index (χ1n) is 3.37. The van der Waals surface area contributed by atoms with E-state index in [9.17, 15) is 0 Å². The Balaban J connectivity index is 2.17. The average Bonchev–Trinajstić information content (AvgIpc) is 2.10. The first kappa shape index (κ1) is 6.24. The molecule has 0 aromatic carbocycles. The lowest BCUT2D eigenvalue weighted by Crippen LogP contribution is -2.39. The number of aryl methyl sites for hydroxylation is 1. The first-order valence-corrected chi connectivity index (χ1v) is 4.18. The second-order valence-electron chi connectivity index (χ2n) is 2.51. The van der Waals surface area contributed by atoms with E-state index in [1.54, 1.807) is 11.3 Å². The van der Waals surface area contributed by atoms with Crippen LogP contribution in [-0.2, 0) is 0 Å². The van der Waals surface area contributed by atoms with Gasteiger partial charge in [0.05, 0.1) is 0 Å². The van der Waals surface area contributed by atoms with Crippen LogP contribution in [0.25, 0.3) is 0 Å². The molecule has 10 heavy (non-hydrogen) atoms. The fraction of sp³-hybridized carbons (Fsp3) is 0.667. The molecule has 2 rings (SSSR count). The summed E-state index contributed by atoms with van der Waals surface area (Å²) in [5, 5.41) is 13.5. The fourth-order valence-corrected chi connectivity index (χ4v) is 1.74. The summed E-state index contributed by atoms with van der Waals surface area (Å²) in [6.07, 6.45) is 0. The van der Waals surface area contributed by atoms with Crippen molar-refractivity contribution >= 4 is 11.3 Å². The van der Waals surface area contributed by atoms with E-state index in [0.29, 0.717) is 5.92 Å². The quantitative estimate of drug-likeness (QED) is 0.643. The van der Waals surface area contributed by atoms with Crippen molar-refractivity contribution in [2.24, 2.45) is 0 Å². The Morgan fingerprint density at radius 2 is 2.30 bits per heavy atom. The van der Waals surface area contributed by atoms with Gasteiger partial charge in [0.2, 0.25) is 0 Å². The van der Waals surface area contributed by atoms with E-state index in [0.717, 1.165) is 18.1 Å². The second kappa shape index (κ2) is 2.29. The van der Waals surface area contributed by atoms with E-state index >= 15 is 0 Å². The summed E-state index contributed by atoms with van der Waals surface area (Å²) in [6.45, 7) is 4.15. The van der Waals surface area contributed by atoms with E-state index in [2.05, 4.69) is 15.5 Å². The van der Waals surface area contributed by atoms with Gasteiger partial charge in [-0.25, -0.2) is 0 Å². The number of hydrogen-bond acceptors (Lipinski definition) is 4. The molecule has 1 aliphatic rings. The smallest absolute Gasteiger partial charge is 0.123 e. The van der Waals surface area contributed by atoms with Crippen LogP contribution in [0.4, 0.5) is 0 Å². The van der Waals surface area contributed by atoms with E-state index in [1.165, 1.54) is 5.01 Å². The summed E-state index contributed by atoms with van der Waals surface area (Å²) >= 11 is 1.71. The third kappa shape index (κ3) is 0.932. The molecule has 1 fully saturated rings. The van der Waals surface area contributed by atoms with Crippen molar-refractivity contribution < 1.29 is 0 Å². The van der Waals surface area contributed by atoms with E-state index in [4.69, 9.17) is 0 Å². The number of hydrogen-bond donors (Lipinski definition) is 1. The van der Waals surface area contributed by atoms with Gasteiger partial charge in [-0.2, -0.15) is 0 Å². The third-order valence-corrected chi connectivity index (χ3v) is 2.67. The molecule has 0 radical (unpaired) electrons. The standard InChI is InChI=1S/C6H9N3S/c1-4-8-9-6(10-4)5-2-7-3-5/h5,7H,2-3H2,1H3. The largest absolute Gasteiger partial charge is 0.315 e. The molecule has 2 heterocycles. The monoisotopic (exact) mass is 155 g/mol. The van der Waals surface area contributed by atoms with Crippen molar-refractivity contribution in [2.75, 3.05) is 13.1 Å². The van der Waals surface area contributed by atoms with Gasteiger partial charge >= 0.3 is 0 Å². The third-order valence-electron chi connectivity index (χ3n) is 1.67. The summed E-state index contributed by atoms with van der Waals surface area (Å²) in [5.41, 5.74) is 0. The summed E-state index contributed by atoms with van der Waals surface area (Å²) in [6, 6.07) is 0. The maximum Gasteiger partial charge on any atom is 0.123 e. The van der Waals surface area contributed by atoms with Crippen LogP contribution >= 0.6 is 11.3 Å². The fourth-order valence-electron chi connectivity index (χ4n) is 0.940. The van der Waals surface area contributed by atoms with Gasteiger partial charge in [-0.15, -0.1) is 21.5 Å². The van der Waals surface area contributed by atoms with Crippen molar-refractivity contribution in [3.05, 3.63) is 10.0 Å². The molecule has 0 saturated carbocycles. The molecule has 0 spiro atoms. The van der Waals surface area contributed by atoms with Gasteiger partial charge in [0.25, 0.3) is 0 Å². The highest BCUT2D eigenvalue weighted by molar-refractivity contribution is 7.11. The van der Waals surface area contributed by atoms with Gasteiger partial charge in [0, 0.05) is 19.0 Å². The average molecular weight is 155 g/mol. The van der Waals surface area contributed by atoms with E-state index < -0.39 is 0 Å². The summed E-state index contributed by atoms with van der Waals surface area (Å²) in [4.78, 5) is 0. The zero-order valence-corrected chi connectivity index (χ0v) is 6.61. The molecule has 0 atom stereocenters. The minimum absolute atomic E-state index is 0.645. The van der Waals surface area contributed by atoms with Crippen molar-refractivity contribution in [3.8, 4) is 0 Å². The Bertz CT molecular complexity index is 229. The molecule has 0 aliphatic carbocycles. The second-order valence-corrected chi connectivity index (χ2v) is 3.73.